The van der Waals surface area contributed by atoms with E-state index in [2.05, 4.69) is 21.5 Å². The molecule has 0 aliphatic rings. The van der Waals surface area contributed by atoms with E-state index >= 15 is 0 Å². The van der Waals surface area contributed by atoms with Crippen molar-refractivity contribution < 1.29 is 19.0 Å². The fraction of sp³-hybridized carbons (Fsp3) is 0.480. The molecule has 2 unspecified atom stereocenters. The van der Waals surface area contributed by atoms with Gasteiger partial charge in [-0.05, 0) is 52.3 Å². The zero-order valence-corrected chi connectivity index (χ0v) is 20.2. The van der Waals surface area contributed by atoms with Gasteiger partial charge in [0.15, 0.2) is 5.78 Å². The molecule has 3 aromatic rings. The molecule has 8 nitrogen and oxygen atoms in total. The van der Waals surface area contributed by atoms with Gasteiger partial charge in [-0.15, -0.1) is 0 Å². The van der Waals surface area contributed by atoms with E-state index in [0.29, 0.717) is 35.8 Å². The zero-order chi connectivity index (χ0) is 24.1. The van der Waals surface area contributed by atoms with E-state index < -0.39 is 0 Å². The lowest BCUT2D eigenvalue weighted by molar-refractivity contribution is 0.00435. The molecule has 0 aliphatic heterocycles. The molecule has 0 radical (unpaired) electrons. The van der Waals surface area contributed by atoms with Crippen molar-refractivity contribution in [3.63, 3.8) is 0 Å². The molecule has 33 heavy (non-hydrogen) atoms. The van der Waals surface area contributed by atoms with E-state index in [1.54, 1.807) is 26.3 Å². The van der Waals surface area contributed by atoms with Gasteiger partial charge in [0.05, 0.1) is 38.0 Å². The van der Waals surface area contributed by atoms with Crippen LogP contribution in [0, 0.1) is 13.8 Å². The van der Waals surface area contributed by atoms with E-state index in [1.165, 1.54) is 7.11 Å². The smallest absolute Gasteiger partial charge is 0.255 e. The lowest BCUT2D eigenvalue weighted by Crippen LogP contribution is -2.24. The lowest BCUT2D eigenvalue weighted by atomic mass is 10.0. The fourth-order valence-corrected chi connectivity index (χ4v) is 4.24. The monoisotopic (exact) mass is 455 g/mol. The maximum Gasteiger partial charge on any atom is 0.255 e. The molecule has 178 valence electrons. The molecule has 3 aromatic heterocycles. The van der Waals surface area contributed by atoms with Crippen LogP contribution in [0.2, 0.25) is 0 Å². The van der Waals surface area contributed by atoms with Crippen LogP contribution >= 0.6 is 0 Å². The first-order valence-corrected chi connectivity index (χ1v) is 11.2. The minimum atomic E-state index is -0.226. The van der Waals surface area contributed by atoms with Gasteiger partial charge < -0.3 is 23.8 Å². The number of ether oxygens (including phenoxy) is 3. The summed E-state index contributed by atoms with van der Waals surface area (Å²) in [6, 6.07) is 5.48. The predicted octanol–water partition coefficient (Wildman–Crippen LogP) is 3.78. The first kappa shape index (κ1) is 24.7. The summed E-state index contributed by atoms with van der Waals surface area (Å²) in [6.07, 6.45) is 2.10. The van der Waals surface area contributed by atoms with Gasteiger partial charge in [0, 0.05) is 42.1 Å². The van der Waals surface area contributed by atoms with Crippen molar-refractivity contribution in [1.29, 1.82) is 0 Å². The van der Waals surface area contributed by atoms with E-state index in [9.17, 15) is 9.59 Å². The number of fused-ring (bicyclic) bond motifs is 1. The van der Waals surface area contributed by atoms with E-state index in [-0.39, 0.29) is 36.3 Å². The Morgan fingerprint density at radius 2 is 1.97 bits per heavy atom. The maximum absolute atomic E-state index is 13.4. The number of ketones is 1. The van der Waals surface area contributed by atoms with Crippen molar-refractivity contribution >= 4 is 16.8 Å². The summed E-state index contributed by atoms with van der Waals surface area (Å²) in [6.45, 7) is 8.81. The summed E-state index contributed by atoms with van der Waals surface area (Å²) in [5, 5.41) is 0.806. The number of aryl methyl sites for hydroxylation is 1. The predicted molar refractivity (Wildman–Crippen MR) is 127 cm³/mol. The number of rotatable bonds is 11. The number of nitrogens with zero attached hydrogens (tertiary/aromatic N) is 2. The molecule has 3 heterocycles. The minimum Gasteiger partial charge on any atom is -0.496 e. The van der Waals surface area contributed by atoms with Gasteiger partial charge in [-0.3, -0.25) is 9.59 Å². The topological polar surface area (TPSA) is 95.4 Å². The van der Waals surface area contributed by atoms with Gasteiger partial charge in [0.2, 0.25) is 0 Å². The van der Waals surface area contributed by atoms with Crippen LogP contribution in [-0.2, 0) is 15.9 Å². The number of aromatic nitrogens is 3. The number of carbonyl (C=O) groups excluding carboxylic acids is 1. The summed E-state index contributed by atoms with van der Waals surface area (Å²) in [4.78, 5) is 33.2. The van der Waals surface area contributed by atoms with Crippen molar-refractivity contribution in [2.24, 2.45) is 0 Å². The first-order valence-electron chi connectivity index (χ1n) is 11.2. The number of H-pyrrole nitrogens is 1. The third kappa shape index (κ3) is 5.17. The van der Waals surface area contributed by atoms with Crippen LogP contribution in [0.25, 0.3) is 11.0 Å². The molecule has 0 aromatic carbocycles. The van der Waals surface area contributed by atoms with Crippen LogP contribution < -0.4 is 10.3 Å². The number of methoxy groups -OCH3 is 2. The largest absolute Gasteiger partial charge is 0.496 e. The molecule has 0 saturated carbocycles. The number of aromatic amines is 1. The summed E-state index contributed by atoms with van der Waals surface area (Å²) in [5.41, 5.74) is 3.19. The fourth-order valence-electron chi connectivity index (χ4n) is 4.24. The third-order valence-corrected chi connectivity index (χ3v) is 6.09. The minimum absolute atomic E-state index is 0.0357. The number of hydrogen-bond donors (Lipinski definition) is 1. The van der Waals surface area contributed by atoms with Crippen LogP contribution in [0.4, 0.5) is 0 Å². The standard InChI is InChI=1S/C25H33N3O5/c1-15-14-22(32-6)19(25(30)27-15)9-10-21(29)23-17(3)28(24-20(23)8-7-11-26-24)16(2)18(4)33-13-12-31-5/h7-8,11,14,16,18H,9-10,12-13H2,1-6H3,(H,27,30). The lowest BCUT2D eigenvalue weighted by Gasteiger charge is -2.24. The molecule has 0 bridgehead atoms. The molecule has 1 N–H and O–H groups in total. The maximum atomic E-state index is 13.4. The van der Waals surface area contributed by atoms with Crippen LogP contribution in [0.3, 0.4) is 0 Å². The summed E-state index contributed by atoms with van der Waals surface area (Å²) < 4.78 is 18.4. The molecule has 8 heteroatoms. The van der Waals surface area contributed by atoms with Crippen LogP contribution in [0.15, 0.2) is 29.2 Å². The first-order chi connectivity index (χ1) is 15.8. The van der Waals surface area contributed by atoms with Gasteiger partial charge in [-0.25, -0.2) is 4.98 Å². The number of hydrogen-bond acceptors (Lipinski definition) is 6. The van der Waals surface area contributed by atoms with Gasteiger partial charge in [-0.1, -0.05) is 0 Å². The van der Waals surface area contributed by atoms with E-state index in [4.69, 9.17) is 14.2 Å². The van der Waals surface area contributed by atoms with Crippen LogP contribution in [0.1, 0.15) is 53.6 Å². The summed E-state index contributed by atoms with van der Waals surface area (Å²) in [7, 11) is 3.17. The highest BCUT2D eigenvalue weighted by Gasteiger charge is 2.26. The Kier molecular flexibility index (Phi) is 8.05. The SMILES string of the molecule is COCCOC(C)C(C)n1c(C)c(C(=O)CCc2c(OC)cc(C)[nH]c2=O)c2cccnc21. The zero-order valence-electron chi connectivity index (χ0n) is 20.2. The molecular formula is C25H33N3O5. The number of Topliss-reactive ketones (excluding diaryl/α,β-unsaturated/α-hetero) is 1. The highest BCUT2D eigenvalue weighted by molar-refractivity contribution is 6.08. The van der Waals surface area contributed by atoms with Crippen molar-refractivity contribution in [3.8, 4) is 5.75 Å². The molecule has 0 aliphatic carbocycles. The molecule has 0 saturated heterocycles. The molecular weight excluding hydrogens is 422 g/mol. The molecule has 2 atom stereocenters. The van der Waals surface area contributed by atoms with Gasteiger partial charge in [-0.2, -0.15) is 0 Å². The molecule has 0 fully saturated rings. The van der Waals surface area contributed by atoms with Gasteiger partial charge in [0.25, 0.3) is 5.56 Å². The van der Waals surface area contributed by atoms with Crippen molar-refractivity contribution in [3.05, 3.63) is 57.3 Å². The summed E-state index contributed by atoms with van der Waals surface area (Å²) in [5.74, 6) is 0.465. The average molecular weight is 456 g/mol. The normalized spacial score (nSPS) is 13.3. The summed E-state index contributed by atoms with van der Waals surface area (Å²) >= 11 is 0. The Morgan fingerprint density at radius 3 is 2.67 bits per heavy atom. The Balaban J connectivity index is 1.92. The Bertz CT molecular complexity index is 1180. The van der Waals surface area contributed by atoms with Crippen molar-refractivity contribution in [2.45, 2.75) is 52.7 Å². The molecule has 3 rings (SSSR count). The second kappa shape index (κ2) is 10.8. The molecule has 0 spiro atoms. The average Bonchev–Trinajstić information content (AvgIpc) is 3.09. The van der Waals surface area contributed by atoms with Crippen LogP contribution in [-0.4, -0.2) is 53.9 Å². The quantitative estimate of drug-likeness (QED) is 0.349. The molecule has 0 amide bonds. The number of carbonyl (C=O) groups is 1. The Morgan fingerprint density at radius 1 is 1.21 bits per heavy atom. The highest BCUT2D eigenvalue weighted by atomic mass is 16.5. The van der Waals surface area contributed by atoms with Gasteiger partial charge in [0.1, 0.15) is 11.4 Å². The highest BCUT2D eigenvalue weighted by Crippen LogP contribution is 2.31. The third-order valence-electron chi connectivity index (χ3n) is 6.09. The number of nitrogens with one attached hydrogen (secondary N) is 1. The second-order valence-electron chi connectivity index (χ2n) is 8.27. The van der Waals surface area contributed by atoms with Crippen molar-refractivity contribution in [2.75, 3.05) is 27.4 Å². The van der Waals surface area contributed by atoms with E-state index in [0.717, 1.165) is 16.7 Å². The Hall–Kier alpha value is -2.97. The van der Waals surface area contributed by atoms with Crippen LogP contribution in [0.5, 0.6) is 5.75 Å². The van der Waals surface area contributed by atoms with Crippen molar-refractivity contribution in [1.82, 2.24) is 14.5 Å². The second-order valence-corrected chi connectivity index (χ2v) is 8.27. The van der Waals surface area contributed by atoms with Gasteiger partial charge >= 0.3 is 0 Å². The van der Waals surface area contributed by atoms with E-state index in [1.807, 2.05) is 26.0 Å². The Labute approximate surface area is 193 Å². The number of pyridine rings is 2.